The summed E-state index contributed by atoms with van der Waals surface area (Å²) in [5.41, 5.74) is 1.05. The van der Waals surface area contributed by atoms with E-state index in [4.69, 9.17) is 0 Å². The van der Waals surface area contributed by atoms with Crippen LogP contribution in [0.25, 0.3) is 10.8 Å². The first kappa shape index (κ1) is 13.7. The van der Waals surface area contributed by atoms with Gasteiger partial charge in [-0.1, -0.05) is 18.2 Å². The van der Waals surface area contributed by atoms with Crippen LogP contribution in [0.1, 0.15) is 28.5 Å². The first-order chi connectivity index (χ1) is 11.2. The largest absolute Gasteiger partial charge is 0.337 e. The number of amides is 1. The van der Waals surface area contributed by atoms with Gasteiger partial charge in [-0.25, -0.2) is 5.10 Å². The van der Waals surface area contributed by atoms with E-state index in [1.54, 1.807) is 35.4 Å². The van der Waals surface area contributed by atoms with E-state index in [0.29, 0.717) is 29.6 Å². The maximum absolute atomic E-state index is 12.8. The van der Waals surface area contributed by atoms with Gasteiger partial charge < -0.3 is 4.90 Å². The molecule has 0 aliphatic carbocycles. The minimum absolute atomic E-state index is 0.153. The smallest absolute Gasteiger partial charge is 0.274 e. The van der Waals surface area contributed by atoms with Crippen molar-refractivity contribution in [3.05, 3.63) is 58.3 Å². The third kappa shape index (κ3) is 2.30. The first-order valence-electron chi connectivity index (χ1n) is 7.50. The number of hydrogen-bond acceptors (Lipinski definition) is 4. The summed E-state index contributed by atoms with van der Waals surface area (Å²) in [6.07, 6.45) is 2.60. The van der Waals surface area contributed by atoms with Crippen LogP contribution in [-0.2, 0) is 0 Å². The number of aromatic amines is 2. The Hall–Kier alpha value is -2.96. The quantitative estimate of drug-likeness (QED) is 0.745. The van der Waals surface area contributed by atoms with Crippen LogP contribution in [0.5, 0.6) is 0 Å². The number of nitrogens with one attached hydrogen (secondary N) is 2. The van der Waals surface area contributed by atoms with Gasteiger partial charge in [-0.15, -0.1) is 0 Å². The zero-order valence-electron chi connectivity index (χ0n) is 12.3. The minimum Gasteiger partial charge on any atom is -0.337 e. The van der Waals surface area contributed by atoms with Crippen LogP contribution in [0.3, 0.4) is 0 Å². The van der Waals surface area contributed by atoms with Crippen LogP contribution < -0.4 is 5.56 Å². The molecule has 7 heteroatoms. The summed E-state index contributed by atoms with van der Waals surface area (Å²) < 4.78 is 0. The maximum atomic E-state index is 12.8. The molecule has 0 spiro atoms. The van der Waals surface area contributed by atoms with Crippen LogP contribution >= 0.6 is 0 Å². The molecule has 1 aliphatic rings. The number of nitrogens with zero attached hydrogens (tertiary/aromatic N) is 3. The highest BCUT2D eigenvalue weighted by atomic mass is 16.2. The lowest BCUT2D eigenvalue weighted by Crippen LogP contribution is -2.30. The van der Waals surface area contributed by atoms with Crippen molar-refractivity contribution >= 4 is 16.7 Å². The van der Waals surface area contributed by atoms with Crippen molar-refractivity contribution in [3.8, 4) is 0 Å². The molecule has 4 rings (SSSR count). The average Bonchev–Trinajstić information content (AvgIpc) is 3.26. The lowest BCUT2D eigenvalue weighted by Gasteiger charge is -2.16. The molecule has 2 N–H and O–H groups in total. The molecule has 1 fully saturated rings. The van der Waals surface area contributed by atoms with Crippen molar-refractivity contribution in [3.63, 3.8) is 0 Å². The number of H-pyrrole nitrogens is 2. The van der Waals surface area contributed by atoms with Gasteiger partial charge >= 0.3 is 0 Å². The van der Waals surface area contributed by atoms with E-state index in [1.165, 1.54) is 0 Å². The summed E-state index contributed by atoms with van der Waals surface area (Å²) in [4.78, 5) is 26.4. The van der Waals surface area contributed by atoms with Gasteiger partial charge in [-0.05, 0) is 18.6 Å². The van der Waals surface area contributed by atoms with Gasteiger partial charge in [0.05, 0.1) is 5.39 Å². The normalized spacial score (nSPS) is 17.7. The molecule has 1 saturated heterocycles. The molecule has 3 aromatic rings. The molecule has 3 heterocycles. The first-order valence-corrected chi connectivity index (χ1v) is 7.50. The van der Waals surface area contributed by atoms with E-state index >= 15 is 0 Å². The number of aromatic nitrogens is 4. The second kappa shape index (κ2) is 5.35. The molecular weight excluding hydrogens is 294 g/mol. The SMILES string of the molecule is O=C(c1n[nH]c(=O)c2ccccc12)N1CCC(c2ccn[nH]2)C1. The van der Waals surface area contributed by atoms with E-state index in [1.807, 2.05) is 6.07 Å². The van der Waals surface area contributed by atoms with E-state index < -0.39 is 0 Å². The summed E-state index contributed by atoms with van der Waals surface area (Å²) in [6.45, 7) is 1.29. The summed E-state index contributed by atoms with van der Waals surface area (Å²) in [7, 11) is 0. The average molecular weight is 309 g/mol. The second-order valence-corrected chi connectivity index (χ2v) is 5.70. The summed E-state index contributed by atoms with van der Waals surface area (Å²) in [5, 5.41) is 14.4. The molecule has 0 bridgehead atoms. The molecule has 1 aromatic carbocycles. The highest BCUT2D eigenvalue weighted by Crippen LogP contribution is 2.27. The standard InChI is InChI=1S/C16H15N5O2/c22-15-12-4-2-1-3-11(12)14(19-20-15)16(23)21-8-6-10(9-21)13-5-7-17-18-13/h1-5,7,10H,6,8-9H2,(H,17,18)(H,20,22). The van der Waals surface area contributed by atoms with E-state index in [-0.39, 0.29) is 17.4 Å². The second-order valence-electron chi connectivity index (χ2n) is 5.70. The lowest BCUT2D eigenvalue weighted by atomic mass is 10.1. The van der Waals surface area contributed by atoms with Gasteiger partial charge in [0, 0.05) is 36.3 Å². The molecule has 7 nitrogen and oxygen atoms in total. The van der Waals surface area contributed by atoms with E-state index in [0.717, 1.165) is 12.1 Å². The molecule has 0 saturated carbocycles. The fourth-order valence-electron chi connectivity index (χ4n) is 3.12. The molecule has 1 unspecified atom stereocenters. The lowest BCUT2D eigenvalue weighted by molar-refractivity contribution is 0.0786. The fraction of sp³-hybridized carbons (Fsp3) is 0.250. The molecule has 116 valence electrons. The zero-order chi connectivity index (χ0) is 15.8. The van der Waals surface area contributed by atoms with Crippen molar-refractivity contribution in [2.24, 2.45) is 0 Å². The fourth-order valence-corrected chi connectivity index (χ4v) is 3.12. The number of benzene rings is 1. The molecule has 2 aromatic heterocycles. The number of rotatable bonds is 2. The van der Waals surface area contributed by atoms with Gasteiger partial charge in [-0.2, -0.15) is 10.2 Å². The van der Waals surface area contributed by atoms with Crippen molar-refractivity contribution < 1.29 is 4.79 Å². The Morgan fingerprint density at radius 3 is 2.78 bits per heavy atom. The van der Waals surface area contributed by atoms with Gasteiger partial charge in [-0.3, -0.25) is 14.7 Å². The Morgan fingerprint density at radius 1 is 1.17 bits per heavy atom. The Labute approximate surface area is 131 Å². The molecule has 1 amide bonds. The van der Waals surface area contributed by atoms with Gasteiger partial charge in [0.1, 0.15) is 0 Å². The molecule has 0 radical (unpaired) electrons. The molecule has 1 atom stereocenters. The van der Waals surface area contributed by atoms with E-state index in [2.05, 4.69) is 20.4 Å². The van der Waals surface area contributed by atoms with Crippen LogP contribution in [-0.4, -0.2) is 44.3 Å². The minimum atomic E-state index is -0.283. The van der Waals surface area contributed by atoms with E-state index in [9.17, 15) is 9.59 Å². The number of carbonyl (C=O) groups is 1. The summed E-state index contributed by atoms with van der Waals surface area (Å²) >= 11 is 0. The van der Waals surface area contributed by atoms with Gasteiger partial charge in [0.25, 0.3) is 11.5 Å². The van der Waals surface area contributed by atoms with Crippen molar-refractivity contribution in [2.45, 2.75) is 12.3 Å². The third-order valence-corrected chi connectivity index (χ3v) is 4.34. The highest BCUT2D eigenvalue weighted by molar-refractivity contribution is 6.04. The number of hydrogen-bond donors (Lipinski definition) is 2. The predicted octanol–water partition coefficient (Wildman–Crippen LogP) is 1.28. The Kier molecular flexibility index (Phi) is 3.18. The van der Waals surface area contributed by atoms with Gasteiger partial charge in [0.15, 0.2) is 5.69 Å². The third-order valence-electron chi connectivity index (χ3n) is 4.34. The molecular formula is C16H15N5O2. The molecule has 1 aliphatic heterocycles. The topological polar surface area (TPSA) is 94.7 Å². The van der Waals surface area contributed by atoms with Crippen LogP contribution in [0.4, 0.5) is 0 Å². The number of carbonyl (C=O) groups excluding carboxylic acids is 1. The van der Waals surface area contributed by atoms with Crippen molar-refractivity contribution in [1.82, 2.24) is 25.3 Å². The van der Waals surface area contributed by atoms with Crippen molar-refractivity contribution in [1.29, 1.82) is 0 Å². The maximum Gasteiger partial charge on any atom is 0.274 e. The number of fused-ring (bicyclic) bond motifs is 1. The highest BCUT2D eigenvalue weighted by Gasteiger charge is 2.30. The summed E-state index contributed by atoms with van der Waals surface area (Å²) in [6, 6.07) is 8.97. The monoisotopic (exact) mass is 309 g/mol. The van der Waals surface area contributed by atoms with Gasteiger partial charge in [0.2, 0.25) is 0 Å². The Balaban J connectivity index is 1.66. The zero-order valence-corrected chi connectivity index (χ0v) is 12.3. The van der Waals surface area contributed by atoms with Crippen molar-refractivity contribution in [2.75, 3.05) is 13.1 Å². The Morgan fingerprint density at radius 2 is 2.00 bits per heavy atom. The van der Waals surface area contributed by atoms with Crippen LogP contribution in [0.2, 0.25) is 0 Å². The molecule has 23 heavy (non-hydrogen) atoms. The predicted molar refractivity (Wildman–Crippen MR) is 84.2 cm³/mol. The Bertz CT molecular complexity index is 916. The van der Waals surface area contributed by atoms with Crippen LogP contribution in [0, 0.1) is 0 Å². The van der Waals surface area contributed by atoms with Crippen LogP contribution in [0.15, 0.2) is 41.3 Å². The summed E-state index contributed by atoms with van der Waals surface area (Å²) in [5.74, 6) is 0.106. The number of likely N-dealkylation sites (tertiary alicyclic amines) is 1.